The van der Waals surface area contributed by atoms with Crippen LogP contribution in [0.25, 0.3) is 0 Å². The van der Waals surface area contributed by atoms with Crippen LogP contribution in [0.15, 0.2) is 0 Å². The fraction of sp³-hybridized carbons (Fsp3) is 1.00. The second kappa shape index (κ2) is 9.70. The fourth-order valence-electron chi connectivity index (χ4n) is 2.88. The molecule has 4 nitrogen and oxygen atoms in total. The van der Waals surface area contributed by atoms with Crippen LogP contribution in [-0.4, -0.2) is 68.6 Å². The summed E-state index contributed by atoms with van der Waals surface area (Å²) in [6.45, 7) is 12.4. The van der Waals surface area contributed by atoms with E-state index in [1.807, 2.05) is 13.8 Å². The summed E-state index contributed by atoms with van der Waals surface area (Å²) in [6.07, 6.45) is 3.62. The average molecular weight is 272 g/mol. The van der Waals surface area contributed by atoms with Gasteiger partial charge in [0.1, 0.15) is 0 Å². The molecule has 0 spiro atoms. The van der Waals surface area contributed by atoms with Gasteiger partial charge in [-0.15, -0.1) is 0 Å². The summed E-state index contributed by atoms with van der Waals surface area (Å²) in [5.74, 6) is 0. The Kier molecular flexibility index (Phi) is 8.62. The Labute approximate surface area is 119 Å². The van der Waals surface area contributed by atoms with Crippen molar-refractivity contribution in [1.82, 2.24) is 9.80 Å². The van der Waals surface area contributed by atoms with Gasteiger partial charge < -0.3 is 14.4 Å². The summed E-state index contributed by atoms with van der Waals surface area (Å²) >= 11 is 0. The van der Waals surface area contributed by atoms with Crippen LogP contribution < -0.4 is 0 Å². The lowest BCUT2D eigenvalue weighted by molar-refractivity contribution is -0.141. The molecule has 0 saturated carbocycles. The Morgan fingerprint density at radius 1 is 1.21 bits per heavy atom. The largest absolute Gasteiger partial charge is 0.353 e. The molecule has 0 N–H and O–H groups in total. The predicted molar refractivity (Wildman–Crippen MR) is 79.4 cm³/mol. The number of hydrogen-bond donors (Lipinski definition) is 0. The van der Waals surface area contributed by atoms with Crippen molar-refractivity contribution in [1.29, 1.82) is 0 Å². The summed E-state index contributed by atoms with van der Waals surface area (Å²) in [4.78, 5) is 5.02. The van der Waals surface area contributed by atoms with Crippen molar-refractivity contribution in [3.05, 3.63) is 0 Å². The summed E-state index contributed by atoms with van der Waals surface area (Å²) in [7, 11) is 2.21. The highest BCUT2D eigenvalue weighted by Crippen LogP contribution is 2.17. The van der Waals surface area contributed by atoms with Crippen LogP contribution in [0.1, 0.15) is 40.0 Å². The molecular weight excluding hydrogens is 240 g/mol. The highest BCUT2D eigenvalue weighted by molar-refractivity contribution is 4.80. The zero-order chi connectivity index (χ0) is 14.1. The molecular formula is C15H32N2O2. The third-order valence-electron chi connectivity index (χ3n) is 3.88. The number of likely N-dealkylation sites (tertiary alicyclic amines) is 1. The van der Waals surface area contributed by atoms with Crippen molar-refractivity contribution in [2.24, 2.45) is 0 Å². The lowest BCUT2D eigenvalue weighted by Crippen LogP contribution is -2.39. The van der Waals surface area contributed by atoms with Crippen molar-refractivity contribution in [3.63, 3.8) is 0 Å². The summed E-state index contributed by atoms with van der Waals surface area (Å²) < 4.78 is 11.2. The lowest BCUT2D eigenvalue weighted by Gasteiger charge is -2.28. The van der Waals surface area contributed by atoms with Crippen molar-refractivity contribution in [2.75, 3.05) is 46.4 Å². The van der Waals surface area contributed by atoms with Crippen LogP contribution in [0.5, 0.6) is 0 Å². The number of nitrogens with zero attached hydrogens (tertiary/aromatic N) is 2. The van der Waals surface area contributed by atoms with E-state index < -0.39 is 0 Å². The first-order valence-corrected chi connectivity index (χ1v) is 7.87. The Morgan fingerprint density at radius 3 is 2.47 bits per heavy atom. The second-order valence-electron chi connectivity index (χ2n) is 5.32. The van der Waals surface area contributed by atoms with Crippen LogP contribution in [0, 0.1) is 0 Å². The number of ether oxygens (including phenoxy) is 2. The van der Waals surface area contributed by atoms with Gasteiger partial charge in [-0.25, -0.2) is 0 Å². The zero-order valence-electron chi connectivity index (χ0n) is 13.2. The van der Waals surface area contributed by atoms with Crippen molar-refractivity contribution < 1.29 is 9.47 Å². The molecule has 0 radical (unpaired) electrons. The molecule has 1 fully saturated rings. The second-order valence-corrected chi connectivity index (χ2v) is 5.32. The van der Waals surface area contributed by atoms with Gasteiger partial charge >= 0.3 is 0 Å². The molecule has 0 amide bonds. The molecule has 1 atom stereocenters. The Bertz CT molecular complexity index is 220. The van der Waals surface area contributed by atoms with Crippen molar-refractivity contribution in [2.45, 2.75) is 52.4 Å². The molecule has 0 bridgehead atoms. The summed E-state index contributed by atoms with van der Waals surface area (Å²) in [5.41, 5.74) is 0. The first-order chi connectivity index (χ1) is 9.21. The molecule has 0 aromatic rings. The van der Waals surface area contributed by atoms with Crippen molar-refractivity contribution >= 4 is 0 Å². The minimum absolute atomic E-state index is 0.0386. The fourth-order valence-corrected chi connectivity index (χ4v) is 2.88. The predicted octanol–water partition coefficient (Wildman–Crippen LogP) is 2.19. The molecule has 1 unspecified atom stereocenters. The van der Waals surface area contributed by atoms with E-state index in [1.165, 1.54) is 32.5 Å². The molecule has 1 aliphatic heterocycles. The third kappa shape index (κ3) is 6.21. The van der Waals surface area contributed by atoms with Crippen LogP contribution in [0.2, 0.25) is 0 Å². The van der Waals surface area contributed by atoms with Gasteiger partial charge in [0.25, 0.3) is 0 Å². The Hall–Kier alpha value is -0.160. The standard InChI is InChI=1S/C15H32N2O2/c1-5-17-11-8-9-14(17)13-16(4)12-10-15(18-6-2)19-7-3/h14-15H,5-13H2,1-4H3. The lowest BCUT2D eigenvalue weighted by atomic mass is 10.2. The first kappa shape index (κ1) is 16.9. The summed E-state index contributed by atoms with van der Waals surface area (Å²) in [5, 5.41) is 0. The molecule has 4 heteroatoms. The van der Waals surface area contributed by atoms with Gasteiger partial charge in [0.15, 0.2) is 6.29 Å². The van der Waals surface area contributed by atoms with Crippen LogP contribution in [0.3, 0.4) is 0 Å². The van der Waals surface area contributed by atoms with E-state index in [9.17, 15) is 0 Å². The topological polar surface area (TPSA) is 24.9 Å². The molecule has 1 saturated heterocycles. The minimum Gasteiger partial charge on any atom is -0.353 e. The highest BCUT2D eigenvalue weighted by Gasteiger charge is 2.24. The highest BCUT2D eigenvalue weighted by atomic mass is 16.7. The van der Waals surface area contributed by atoms with E-state index in [0.29, 0.717) is 0 Å². The number of hydrogen-bond acceptors (Lipinski definition) is 4. The number of rotatable bonds is 10. The third-order valence-corrected chi connectivity index (χ3v) is 3.88. The molecule has 1 heterocycles. The zero-order valence-corrected chi connectivity index (χ0v) is 13.2. The maximum atomic E-state index is 5.59. The summed E-state index contributed by atoms with van der Waals surface area (Å²) in [6, 6.07) is 0.743. The smallest absolute Gasteiger partial charge is 0.158 e. The van der Waals surface area contributed by atoms with Gasteiger partial charge in [0.2, 0.25) is 0 Å². The molecule has 1 aliphatic rings. The molecule has 114 valence electrons. The molecule has 0 aromatic carbocycles. The molecule has 0 aliphatic carbocycles. The monoisotopic (exact) mass is 272 g/mol. The van der Waals surface area contributed by atoms with Crippen LogP contribution >= 0.6 is 0 Å². The van der Waals surface area contributed by atoms with E-state index in [0.717, 1.165) is 32.2 Å². The molecule has 19 heavy (non-hydrogen) atoms. The first-order valence-electron chi connectivity index (χ1n) is 7.87. The average Bonchev–Trinajstić information content (AvgIpc) is 2.83. The van der Waals surface area contributed by atoms with Gasteiger partial charge in [-0.2, -0.15) is 0 Å². The number of likely N-dealkylation sites (N-methyl/N-ethyl adjacent to an activating group) is 2. The maximum absolute atomic E-state index is 5.59. The van der Waals surface area contributed by atoms with Crippen LogP contribution in [0.4, 0.5) is 0 Å². The minimum atomic E-state index is -0.0386. The van der Waals surface area contributed by atoms with Crippen molar-refractivity contribution in [3.8, 4) is 0 Å². The Balaban J connectivity index is 2.23. The normalized spacial score (nSPS) is 20.8. The van der Waals surface area contributed by atoms with Gasteiger partial charge in [0.05, 0.1) is 0 Å². The van der Waals surface area contributed by atoms with Crippen LogP contribution in [-0.2, 0) is 9.47 Å². The van der Waals surface area contributed by atoms with E-state index in [-0.39, 0.29) is 6.29 Å². The quantitative estimate of drug-likeness (QED) is 0.569. The Morgan fingerprint density at radius 2 is 1.89 bits per heavy atom. The van der Waals surface area contributed by atoms with E-state index in [2.05, 4.69) is 23.8 Å². The van der Waals surface area contributed by atoms with Gasteiger partial charge in [-0.05, 0) is 46.8 Å². The molecule has 1 rings (SSSR count). The van der Waals surface area contributed by atoms with E-state index in [1.54, 1.807) is 0 Å². The van der Waals surface area contributed by atoms with E-state index in [4.69, 9.17) is 9.47 Å². The van der Waals surface area contributed by atoms with Gasteiger partial charge in [-0.3, -0.25) is 4.90 Å². The van der Waals surface area contributed by atoms with E-state index >= 15 is 0 Å². The van der Waals surface area contributed by atoms with Gasteiger partial charge in [-0.1, -0.05) is 6.92 Å². The SMILES string of the molecule is CCOC(CCN(C)CC1CCCN1CC)OCC. The van der Waals surface area contributed by atoms with Gasteiger partial charge in [0, 0.05) is 38.8 Å². The molecule has 0 aromatic heterocycles. The maximum Gasteiger partial charge on any atom is 0.158 e.